The first kappa shape index (κ1) is 14.1. The van der Waals surface area contributed by atoms with Crippen molar-refractivity contribution in [3.8, 4) is 0 Å². The third-order valence-electron chi connectivity index (χ3n) is 4.11. The van der Waals surface area contributed by atoms with Gasteiger partial charge < -0.3 is 10.2 Å². The summed E-state index contributed by atoms with van der Waals surface area (Å²) in [6.45, 7) is 7.94. The van der Waals surface area contributed by atoms with Crippen molar-refractivity contribution in [2.75, 3.05) is 11.4 Å². The third kappa shape index (κ3) is 2.98. The number of nitrogens with zero attached hydrogens (tertiary/aromatic N) is 1. The molecular formula is C16H24N2O. The molecule has 0 saturated heterocycles. The van der Waals surface area contributed by atoms with Crippen LogP contribution in [0.4, 0.5) is 5.69 Å². The minimum absolute atomic E-state index is 0.109. The van der Waals surface area contributed by atoms with E-state index in [1.165, 1.54) is 5.56 Å². The van der Waals surface area contributed by atoms with Gasteiger partial charge in [-0.05, 0) is 24.5 Å². The van der Waals surface area contributed by atoms with Crippen LogP contribution >= 0.6 is 0 Å². The molecule has 1 aromatic rings. The maximum absolute atomic E-state index is 12.5. The lowest BCUT2D eigenvalue weighted by Gasteiger charge is -2.28. The summed E-state index contributed by atoms with van der Waals surface area (Å²) in [6, 6.07) is 8.11. The molecule has 0 fully saturated rings. The topological polar surface area (TPSA) is 32.3 Å². The molecule has 1 atom stereocenters. The number of benzene rings is 1. The Hall–Kier alpha value is -1.35. The first-order valence-corrected chi connectivity index (χ1v) is 7.30. The molecule has 19 heavy (non-hydrogen) atoms. The van der Waals surface area contributed by atoms with Crippen LogP contribution < -0.4 is 10.2 Å². The monoisotopic (exact) mass is 260 g/mol. The number of carbonyl (C=O) groups is 1. The lowest BCUT2D eigenvalue weighted by Crippen LogP contribution is -2.44. The van der Waals surface area contributed by atoms with Crippen molar-refractivity contribution < 1.29 is 4.79 Å². The van der Waals surface area contributed by atoms with Crippen LogP contribution in [0, 0.1) is 5.92 Å². The van der Waals surface area contributed by atoms with E-state index in [9.17, 15) is 4.79 Å². The van der Waals surface area contributed by atoms with Crippen LogP contribution in [0.1, 0.15) is 39.2 Å². The zero-order chi connectivity index (χ0) is 13.8. The summed E-state index contributed by atoms with van der Waals surface area (Å²) >= 11 is 0. The smallest absolute Gasteiger partial charge is 0.243 e. The first-order chi connectivity index (χ1) is 9.17. The first-order valence-electron chi connectivity index (χ1n) is 7.30. The van der Waals surface area contributed by atoms with Crippen molar-refractivity contribution in [3.63, 3.8) is 0 Å². The fraction of sp³-hybridized carbons (Fsp3) is 0.562. The van der Waals surface area contributed by atoms with E-state index in [4.69, 9.17) is 0 Å². The summed E-state index contributed by atoms with van der Waals surface area (Å²) in [5, 5.41) is 3.30. The third-order valence-corrected chi connectivity index (χ3v) is 4.11. The van der Waals surface area contributed by atoms with Crippen LogP contribution in [0.15, 0.2) is 24.3 Å². The Morgan fingerprint density at radius 1 is 1.32 bits per heavy atom. The molecule has 1 N–H and O–H groups in total. The number of carbonyl (C=O) groups excluding carboxylic acids is 1. The van der Waals surface area contributed by atoms with Gasteiger partial charge in [-0.1, -0.05) is 44.9 Å². The van der Waals surface area contributed by atoms with Crippen molar-refractivity contribution in [1.82, 2.24) is 5.32 Å². The molecule has 1 aliphatic rings. The second-order valence-corrected chi connectivity index (χ2v) is 5.36. The largest absolute Gasteiger partial charge is 0.310 e. The van der Waals surface area contributed by atoms with Gasteiger partial charge in [0.2, 0.25) is 5.91 Å². The molecular weight excluding hydrogens is 236 g/mol. The Morgan fingerprint density at radius 3 is 2.68 bits per heavy atom. The Bertz CT molecular complexity index is 440. The van der Waals surface area contributed by atoms with Gasteiger partial charge >= 0.3 is 0 Å². The van der Waals surface area contributed by atoms with E-state index in [1.807, 2.05) is 24.0 Å². The molecule has 0 spiro atoms. The highest BCUT2D eigenvalue weighted by Gasteiger charge is 2.28. The van der Waals surface area contributed by atoms with E-state index in [2.05, 4.69) is 31.3 Å². The van der Waals surface area contributed by atoms with Crippen LogP contribution in [0.25, 0.3) is 0 Å². The maximum atomic E-state index is 12.5. The summed E-state index contributed by atoms with van der Waals surface area (Å²) < 4.78 is 0. The molecule has 0 radical (unpaired) electrons. The predicted octanol–water partition coefficient (Wildman–Crippen LogP) is 2.95. The van der Waals surface area contributed by atoms with Crippen LogP contribution in [0.2, 0.25) is 0 Å². The second kappa shape index (κ2) is 6.20. The van der Waals surface area contributed by atoms with E-state index >= 15 is 0 Å². The van der Waals surface area contributed by atoms with Crippen LogP contribution in [-0.4, -0.2) is 18.5 Å². The summed E-state index contributed by atoms with van der Waals surface area (Å²) in [6.07, 6.45) is 2.23. The molecule has 0 saturated carbocycles. The molecule has 3 heteroatoms. The van der Waals surface area contributed by atoms with Gasteiger partial charge in [-0.15, -0.1) is 0 Å². The molecule has 2 rings (SSSR count). The van der Waals surface area contributed by atoms with Gasteiger partial charge in [0.15, 0.2) is 0 Å². The van der Waals surface area contributed by atoms with E-state index < -0.39 is 0 Å². The predicted molar refractivity (Wildman–Crippen MR) is 79.2 cm³/mol. The molecule has 1 aromatic carbocycles. The number of para-hydroxylation sites is 1. The lowest BCUT2D eigenvalue weighted by molar-refractivity contribution is -0.120. The van der Waals surface area contributed by atoms with E-state index in [-0.39, 0.29) is 11.9 Å². The Labute approximate surface area is 116 Å². The summed E-state index contributed by atoms with van der Waals surface area (Å²) in [7, 11) is 0. The van der Waals surface area contributed by atoms with Crippen molar-refractivity contribution in [1.29, 1.82) is 0 Å². The number of amides is 1. The highest BCUT2D eigenvalue weighted by atomic mass is 16.2. The minimum Gasteiger partial charge on any atom is -0.310 e. The van der Waals surface area contributed by atoms with Crippen LogP contribution in [0.5, 0.6) is 0 Å². The van der Waals surface area contributed by atoms with Crippen molar-refractivity contribution in [3.05, 3.63) is 29.8 Å². The van der Waals surface area contributed by atoms with Gasteiger partial charge in [-0.25, -0.2) is 0 Å². The van der Waals surface area contributed by atoms with E-state index in [1.54, 1.807) is 0 Å². The highest BCUT2D eigenvalue weighted by molar-refractivity contribution is 5.98. The quantitative estimate of drug-likeness (QED) is 0.902. The summed E-state index contributed by atoms with van der Waals surface area (Å²) in [5.74, 6) is 0.763. The number of fused-ring (bicyclic) bond motifs is 1. The van der Waals surface area contributed by atoms with Crippen molar-refractivity contribution in [2.45, 2.75) is 46.2 Å². The minimum atomic E-state index is -0.109. The van der Waals surface area contributed by atoms with Crippen LogP contribution in [-0.2, 0) is 11.3 Å². The summed E-state index contributed by atoms with van der Waals surface area (Å²) in [5.41, 5.74) is 2.29. The summed E-state index contributed by atoms with van der Waals surface area (Å²) in [4.78, 5) is 14.5. The molecule has 104 valence electrons. The van der Waals surface area contributed by atoms with Crippen LogP contribution in [0.3, 0.4) is 0 Å². The van der Waals surface area contributed by atoms with Gasteiger partial charge in [-0.3, -0.25) is 4.79 Å². The maximum Gasteiger partial charge on any atom is 0.243 e. The highest BCUT2D eigenvalue weighted by Crippen LogP contribution is 2.26. The average molecular weight is 260 g/mol. The standard InChI is InChI=1S/C16H24N2O/c1-4-13(5-2)11-18-15-9-7-6-8-14(15)10-17-12(3)16(18)19/h6-9,12-13,17H,4-5,10-11H2,1-3H3. The molecule has 3 nitrogen and oxygen atoms in total. The van der Waals surface area contributed by atoms with E-state index in [0.29, 0.717) is 5.92 Å². The number of hydrogen-bond donors (Lipinski definition) is 1. The van der Waals surface area contributed by atoms with Gasteiger partial charge in [-0.2, -0.15) is 0 Å². The van der Waals surface area contributed by atoms with Gasteiger partial charge in [0.05, 0.1) is 6.04 Å². The molecule has 0 aliphatic carbocycles. The number of anilines is 1. The fourth-order valence-electron chi connectivity index (χ4n) is 2.62. The normalized spacial score (nSPS) is 19.5. The van der Waals surface area contributed by atoms with Crippen molar-refractivity contribution >= 4 is 11.6 Å². The molecule has 0 aromatic heterocycles. The van der Waals surface area contributed by atoms with Crippen molar-refractivity contribution in [2.24, 2.45) is 5.92 Å². The number of nitrogens with one attached hydrogen (secondary N) is 1. The van der Waals surface area contributed by atoms with E-state index in [0.717, 1.165) is 31.6 Å². The SMILES string of the molecule is CCC(CC)CN1C(=O)C(C)NCc2ccccc21. The molecule has 1 unspecified atom stereocenters. The molecule has 1 aliphatic heterocycles. The van der Waals surface area contributed by atoms with Gasteiger partial charge in [0.1, 0.15) is 0 Å². The average Bonchev–Trinajstić information content (AvgIpc) is 2.56. The van der Waals surface area contributed by atoms with Gasteiger partial charge in [0.25, 0.3) is 0 Å². The Kier molecular flexibility index (Phi) is 4.59. The molecule has 1 heterocycles. The lowest BCUT2D eigenvalue weighted by atomic mass is 10.0. The molecule has 1 amide bonds. The number of rotatable bonds is 4. The number of hydrogen-bond acceptors (Lipinski definition) is 2. The van der Waals surface area contributed by atoms with Gasteiger partial charge in [0, 0.05) is 18.8 Å². The zero-order valence-electron chi connectivity index (χ0n) is 12.1. The Balaban J connectivity index is 2.33. The second-order valence-electron chi connectivity index (χ2n) is 5.36. The zero-order valence-corrected chi connectivity index (χ0v) is 12.1. The molecule has 0 bridgehead atoms. The Morgan fingerprint density at radius 2 is 2.00 bits per heavy atom. The fourth-order valence-corrected chi connectivity index (χ4v) is 2.62.